The minimum Gasteiger partial charge on any atom is -0.358 e. The number of hydrogen-bond donors (Lipinski definition) is 1. The Morgan fingerprint density at radius 3 is 2.67 bits per heavy atom. The van der Waals surface area contributed by atoms with Gasteiger partial charge in [-0.3, -0.25) is 14.4 Å². The highest BCUT2D eigenvalue weighted by atomic mass is 16.2. The third-order valence-corrected chi connectivity index (χ3v) is 4.82. The first-order valence-corrected chi connectivity index (χ1v) is 9.51. The van der Waals surface area contributed by atoms with Crippen LogP contribution in [0.5, 0.6) is 0 Å². The maximum Gasteiger partial charge on any atom is 0.255 e. The van der Waals surface area contributed by atoms with Crippen LogP contribution < -0.4 is 10.2 Å². The number of carbonyl (C=O) groups is 3. The average Bonchev–Trinajstić information content (AvgIpc) is 2.67. The Morgan fingerprint density at radius 2 is 2.07 bits per heavy atom. The molecule has 148 valence electrons. The van der Waals surface area contributed by atoms with Crippen LogP contribution in [0.15, 0.2) is 18.3 Å². The molecule has 2 amide bonds. The maximum absolute atomic E-state index is 12.8. The van der Waals surface area contributed by atoms with Crippen LogP contribution in [-0.4, -0.2) is 61.2 Å². The highest BCUT2D eigenvalue weighted by Gasteiger charge is 2.29. The van der Waals surface area contributed by atoms with Crippen LogP contribution in [0.25, 0.3) is 0 Å². The van der Waals surface area contributed by atoms with Gasteiger partial charge in [-0.15, -0.1) is 0 Å². The van der Waals surface area contributed by atoms with Crippen molar-refractivity contribution < 1.29 is 14.4 Å². The van der Waals surface area contributed by atoms with E-state index in [0.717, 1.165) is 12.8 Å². The van der Waals surface area contributed by atoms with E-state index < -0.39 is 0 Å². The number of amides is 2. The average molecular weight is 374 g/mol. The second-order valence-electron chi connectivity index (χ2n) is 7.59. The van der Waals surface area contributed by atoms with Gasteiger partial charge in [0.25, 0.3) is 5.91 Å². The molecule has 27 heavy (non-hydrogen) atoms. The van der Waals surface area contributed by atoms with E-state index in [2.05, 4.69) is 10.3 Å². The number of rotatable bonds is 7. The van der Waals surface area contributed by atoms with Crippen LogP contribution in [0, 0.1) is 11.8 Å². The number of carbonyl (C=O) groups excluding carboxylic acids is 3. The van der Waals surface area contributed by atoms with E-state index >= 15 is 0 Å². The lowest BCUT2D eigenvalue weighted by Crippen LogP contribution is -2.42. The molecular weight excluding hydrogens is 344 g/mol. The van der Waals surface area contributed by atoms with Crippen LogP contribution >= 0.6 is 0 Å². The number of nitrogens with zero attached hydrogens (tertiary/aromatic N) is 3. The van der Waals surface area contributed by atoms with Crippen molar-refractivity contribution in [1.29, 1.82) is 0 Å². The molecule has 1 aliphatic heterocycles. The summed E-state index contributed by atoms with van der Waals surface area (Å²) in [5.41, 5.74) is 0.504. The number of likely N-dealkylation sites (tertiary alicyclic amines) is 1. The van der Waals surface area contributed by atoms with Gasteiger partial charge in [-0.1, -0.05) is 13.8 Å². The molecule has 2 rings (SSSR count). The molecule has 0 unspecified atom stereocenters. The van der Waals surface area contributed by atoms with Crippen LogP contribution in [0.4, 0.5) is 5.82 Å². The smallest absolute Gasteiger partial charge is 0.255 e. The lowest BCUT2D eigenvalue weighted by molar-refractivity contribution is -0.125. The van der Waals surface area contributed by atoms with Crippen LogP contribution in [0.1, 0.15) is 43.5 Å². The summed E-state index contributed by atoms with van der Waals surface area (Å²) >= 11 is 0. The van der Waals surface area contributed by atoms with Crippen molar-refractivity contribution in [2.45, 2.75) is 33.1 Å². The zero-order chi connectivity index (χ0) is 20.0. The van der Waals surface area contributed by atoms with Crippen LogP contribution in [-0.2, 0) is 9.59 Å². The molecule has 0 spiro atoms. The fraction of sp³-hybridized carbons (Fsp3) is 0.600. The van der Waals surface area contributed by atoms with Crippen molar-refractivity contribution in [1.82, 2.24) is 15.2 Å². The molecule has 0 aliphatic carbocycles. The lowest BCUT2D eigenvalue weighted by atomic mass is 9.89. The van der Waals surface area contributed by atoms with Crippen molar-refractivity contribution in [3.63, 3.8) is 0 Å². The second kappa shape index (κ2) is 9.48. The number of pyridine rings is 1. The number of nitrogens with one attached hydrogen (secondary N) is 1. The fourth-order valence-electron chi connectivity index (χ4n) is 3.29. The molecule has 1 aliphatic rings. The van der Waals surface area contributed by atoms with Gasteiger partial charge in [0.1, 0.15) is 11.6 Å². The first-order valence-electron chi connectivity index (χ1n) is 9.51. The van der Waals surface area contributed by atoms with Gasteiger partial charge in [0.2, 0.25) is 5.91 Å². The number of likely N-dealkylation sites (N-methyl/N-ethyl adjacent to an activating group) is 2. The molecule has 1 saturated heterocycles. The Morgan fingerprint density at radius 1 is 1.33 bits per heavy atom. The van der Waals surface area contributed by atoms with E-state index in [0.29, 0.717) is 36.8 Å². The molecular formula is C20H30N4O3. The summed E-state index contributed by atoms with van der Waals surface area (Å²) in [4.78, 5) is 44.4. The van der Waals surface area contributed by atoms with Gasteiger partial charge in [-0.05, 0) is 30.9 Å². The second-order valence-corrected chi connectivity index (χ2v) is 7.59. The number of piperidine rings is 1. The van der Waals surface area contributed by atoms with Gasteiger partial charge >= 0.3 is 0 Å². The molecule has 1 N–H and O–H groups in total. The summed E-state index contributed by atoms with van der Waals surface area (Å²) in [7, 11) is 3.36. The highest BCUT2D eigenvalue weighted by Crippen LogP contribution is 2.22. The van der Waals surface area contributed by atoms with E-state index in [4.69, 9.17) is 0 Å². The van der Waals surface area contributed by atoms with Gasteiger partial charge in [0.05, 0.1) is 12.1 Å². The number of hydrogen-bond acceptors (Lipinski definition) is 5. The third kappa shape index (κ3) is 5.77. The summed E-state index contributed by atoms with van der Waals surface area (Å²) in [6.45, 7) is 5.43. The van der Waals surface area contributed by atoms with Crippen molar-refractivity contribution in [3.05, 3.63) is 23.9 Å². The number of ketones is 1. The minimum absolute atomic E-state index is 0.0592. The molecule has 7 heteroatoms. The van der Waals surface area contributed by atoms with E-state index in [1.807, 2.05) is 13.8 Å². The van der Waals surface area contributed by atoms with Crippen molar-refractivity contribution in [3.8, 4) is 0 Å². The van der Waals surface area contributed by atoms with E-state index in [1.165, 1.54) is 6.20 Å². The molecule has 2 heterocycles. The van der Waals surface area contributed by atoms with Crippen molar-refractivity contribution in [2.75, 3.05) is 38.6 Å². The molecule has 1 atom stereocenters. The van der Waals surface area contributed by atoms with Crippen LogP contribution in [0.3, 0.4) is 0 Å². The fourth-order valence-corrected chi connectivity index (χ4v) is 3.29. The van der Waals surface area contributed by atoms with Crippen molar-refractivity contribution >= 4 is 23.4 Å². The zero-order valence-corrected chi connectivity index (χ0v) is 16.7. The normalized spacial score (nSPS) is 16.9. The highest BCUT2D eigenvalue weighted by molar-refractivity contribution is 5.94. The summed E-state index contributed by atoms with van der Waals surface area (Å²) in [5, 5.41) is 2.57. The topological polar surface area (TPSA) is 82.6 Å². The molecule has 7 nitrogen and oxygen atoms in total. The molecule has 0 bridgehead atoms. The number of aromatic nitrogens is 1. The summed E-state index contributed by atoms with van der Waals surface area (Å²) in [6, 6.07) is 3.46. The molecule has 0 saturated carbocycles. The maximum atomic E-state index is 12.8. The summed E-state index contributed by atoms with van der Waals surface area (Å²) in [5.74, 6) is 0.962. The largest absolute Gasteiger partial charge is 0.358 e. The van der Waals surface area contributed by atoms with Gasteiger partial charge in [-0.2, -0.15) is 0 Å². The number of Topliss-reactive ketones (excluding diaryl/α,β-unsaturated/α-hetero) is 1. The summed E-state index contributed by atoms with van der Waals surface area (Å²) < 4.78 is 0. The van der Waals surface area contributed by atoms with Gasteiger partial charge in [0, 0.05) is 45.7 Å². The summed E-state index contributed by atoms with van der Waals surface area (Å²) in [6.07, 6.45) is 3.82. The first kappa shape index (κ1) is 20.9. The van der Waals surface area contributed by atoms with Crippen LogP contribution in [0.2, 0.25) is 0 Å². The van der Waals surface area contributed by atoms with E-state index in [9.17, 15) is 14.4 Å². The standard InChI is InChI=1S/C20H30N4O3/c1-14(2)10-17(25)16-6-5-9-24(12-16)20(27)15-7-8-18(22-11-15)23(4)13-19(26)21-3/h7-8,11,14,16H,5-6,9-10,12-13H2,1-4H3,(H,21,26)/t16-/m0/s1. The predicted octanol–water partition coefficient (Wildman–Crippen LogP) is 1.73. The minimum atomic E-state index is -0.107. The third-order valence-electron chi connectivity index (χ3n) is 4.82. The first-order chi connectivity index (χ1) is 12.8. The molecule has 1 fully saturated rings. The Balaban J connectivity index is 2.00. The molecule has 0 aromatic carbocycles. The van der Waals surface area contributed by atoms with Gasteiger partial charge in [0.15, 0.2) is 0 Å². The Bertz CT molecular complexity index is 672. The van der Waals surface area contributed by atoms with Crippen molar-refractivity contribution in [2.24, 2.45) is 11.8 Å². The molecule has 1 aromatic heterocycles. The molecule has 0 radical (unpaired) electrons. The lowest BCUT2D eigenvalue weighted by Gasteiger charge is -2.32. The van der Waals surface area contributed by atoms with Gasteiger partial charge in [-0.25, -0.2) is 4.98 Å². The zero-order valence-electron chi connectivity index (χ0n) is 16.7. The Labute approximate surface area is 161 Å². The Hall–Kier alpha value is -2.44. The monoisotopic (exact) mass is 374 g/mol. The Kier molecular flexibility index (Phi) is 7.33. The molecule has 1 aromatic rings. The SMILES string of the molecule is CNC(=O)CN(C)c1ccc(C(=O)N2CCC[C@H](C(=O)CC(C)C)C2)cn1. The quantitative estimate of drug-likeness (QED) is 0.786. The number of anilines is 1. The van der Waals surface area contributed by atoms with Gasteiger partial charge < -0.3 is 15.1 Å². The predicted molar refractivity (Wildman–Crippen MR) is 105 cm³/mol. The van der Waals surface area contributed by atoms with E-state index in [-0.39, 0.29) is 30.1 Å². The van der Waals surface area contributed by atoms with E-state index in [1.54, 1.807) is 36.0 Å².